The molecule has 0 saturated heterocycles. The molecule has 0 bridgehead atoms. The highest BCUT2D eigenvalue weighted by molar-refractivity contribution is 9.09. The van der Waals surface area contributed by atoms with Gasteiger partial charge in [0.25, 0.3) is 0 Å². The van der Waals surface area contributed by atoms with E-state index in [0.29, 0.717) is 5.41 Å². The van der Waals surface area contributed by atoms with Gasteiger partial charge in [0.2, 0.25) is 5.91 Å². The molecule has 0 aromatic carbocycles. The van der Waals surface area contributed by atoms with Gasteiger partial charge >= 0.3 is 0 Å². The average Bonchev–Trinajstić information content (AvgIpc) is 2.90. The van der Waals surface area contributed by atoms with Crippen LogP contribution in [0.15, 0.2) is 0 Å². The van der Waals surface area contributed by atoms with Crippen molar-refractivity contribution in [2.75, 3.05) is 11.9 Å². The van der Waals surface area contributed by atoms with Crippen molar-refractivity contribution in [2.24, 2.45) is 11.3 Å². The van der Waals surface area contributed by atoms with Gasteiger partial charge in [-0.25, -0.2) is 0 Å². The van der Waals surface area contributed by atoms with Crippen molar-refractivity contribution in [1.29, 1.82) is 0 Å². The van der Waals surface area contributed by atoms with E-state index < -0.39 is 0 Å². The highest BCUT2D eigenvalue weighted by Crippen LogP contribution is 2.46. The highest BCUT2D eigenvalue weighted by atomic mass is 79.9. The first-order valence-corrected chi connectivity index (χ1v) is 7.69. The summed E-state index contributed by atoms with van der Waals surface area (Å²) in [6.45, 7) is 0.877. The van der Waals surface area contributed by atoms with Crippen LogP contribution in [0.1, 0.15) is 51.4 Å². The number of amides is 1. The van der Waals surface area contributed by atoms with Crippen molar-refractivity contribution in [3.63, 3.8) is 0 Å². The van der Waals surface area contributed by atoms with Gasteiger partial charge in [0, 0.05) is 18.3 Å². The Morgan fingerprint density at radius 2 is 2.00 bits per heavy atom. The number of alkyl halides is 1. The van der Waals surface area contributed by atoms with Crippen molar-refractivity contribution in [2.45, 2.75) is 51.4 Å². The molecule has 2 aliphatic carbocycles. The Bertz CT molecular complexity index is 244. The Balaban J connectivity index is 1.57. The van der Waals surface area contributed by atoms with Crippen LogP contribution in [0.3, 0.4) is 0 Å². The van der Waals surface area contributed by atoms with E-state index in [2.05, 4.69) is 21.2 Å². The van der Waals surface area contributed by atoms with Gasteiger partial charge < -0.3 is 5.32 Å². The van der Waals surface area contributed by atoms with Crippen LogP contribution in [0.5, 0.6) is 0 Å². The average molecular weight is 288 g/mol. The number of rotatable bonds is 6. The van der Waals surface area contributed by atoms with Crippen LogP contribution in [0.2, 0.25) is 0 Å². The fourth-order valence-corrected chi connectivity index (χ4v) is 3.30. The number of carbonyl (C=O) groups is 1. The van der Waals surface area contributed by atoms with Crippen LogP contribution in [0, 0.1) is 11.3 Å². The fourth-order valence-electron chi connectivity index (χ4n) is 2.54. The zero-order valence-corrected chi connectivity index (χ0v) is 11.5. The van der Waals surface area contributed by atoms with Crippen molar-refractivity contribution in [3.8, 4) is 0 Å². The third-order valence-corrected chi connectivity index (χ3v) is 5.35. The maximum Gasteiger partial charge on any atom is 0.220 e. The predicted octanol–water partition coefficient (Wildman–Crippen LogP) is 3.25. The minimum Gasteiger partial charge on any atom is -0.356 e. The lowest BCUT2D eigenvalue weighted by Crippen LogP contribution is -2.30. The summed E-state index contributed by atoms with van der Waals surface area (Å²) in [5.41, 5.74) is 0.406. The smallest absolute Gasteiger partial charge is 0.220 e. The first-order valence-electron chi connectivity index (χ1n) is 6.57. The summed E-state index contributed by atoms with van der Waals surface area (Å²) in [4.78, 5) is 11.7. The van der Waals surface area contributed by atoms with Gasteiger partial charge in [-0.15, -0.1) is 0 Å². The van der Waals surface area contributed by atoms with Gasteiger partial charge in [-0.3, -0.25) is 4.79 Å². The normalized spacial score (nSPS) is 23.3. The fraction of sp³-hybridized carbons (Fsp3) is 0.923. The SMILES string of the molecule is O=C(CCC1CCCC1)NCC1(CBr)CC1. The van der Waals surface area contributed by atoms with Crippen LogP contribution < -0.4 is 5.32 Å². The third-order valence-electron chi connectivity index (χ3n) is 4.16. The molecule has 0 aliphatic heterocycles. The summed E-state index contributed by atoms with van der Waals surface area (Å²) in [6, 6.07) is 0. The molecule has 2 aliphatic rings. The van der Waals surface area contributed by atoms with Crippen LogP contribution in [0.25, 0.3) is 0 Å². The first-order chi connectivity index (χ1) is 7.74. The molecule has 92 valence electrons. The lowest BCUT2D eigenvalue weighted by Gasteiger charge is -2.13. The van der Waals surface area contributed by atoms with Crippen LogP contribution in [-0.2, 0) is 4.79 Å². The maximum absolute atomic E-state index is 11.7. The van der Waals surface area contributed by atoms with E-state index in [4.69, 9.17) is 0 Å². The largest absolute Gasteiger partial charge is 0.356 e. The molecule has 16 heavy (non-hydrogen) atoms. The number of hydrogen-bond donors (Lipinski definition) is 1. The zero-order valence-electron chi connectivity index (χ0n) is 9.93. The van der Waals surface area contributed by atoms with E-state index in [9.17, 15) is 4.79 Å². The maximum atomic E-state index is 11.7. The van der Waals surface area contributed by atoms with Crippen molar-refractivity contribution < 1.29 is 4.79 Å². The lowest BCUT2D eigenvalue weighted by atomic mass is 10.0. The van der Waals surface area contributed by atoms with Crippen molar-refractivity contribution in [3.05, 3.63) is 0 Å². The molecule has 0 heterocycles. The minimum atomic E-state index is 0.263. The molecular formula is C13H22BrNO. The molecule has 0 unspecified atom stereocenters. The summed E-state index contributed by atoms with van der Waals surface area (Å²) >= 11 is 3.53. The molecule has 2 fully saturated rings. The van der Waals surface area contributed by atoms with Crippen LogP contribution >= 0.6 is 15.9 Å². The monoisotopic (exact) mass is 287 g/mol. The number of halogens is 1. The quantitative estimate of drug-likeness (QED) is 0.747. The Hall–Kier alpha value is -0.0500. The van der Waals surface area contributed by atoms with Gasteiger partial charge in [0.1, 0.15) is 0 Å². The lowest BCUT2D eigenvalue weighted by molar-refractivity contribution is -0.121. The molecule has 2 nitrogen and oxygen atoms in total. The Morgan fingerprint density at radius 1 is 1.31 bits per heavy atom. The molecule has 1 amide bonds. The van der Waals surface area contributed by atoms with Gasteiger partial charge in [0.15, 0.2) is 0 Å². The molecule has 2 saturated carbocycles. The van der Waals surface area contributed by atoms with Gasteiger partial charge in [0.05, 0.1) is 0 Å². The molecule has 0 aromatic heterocycles. The van der Waals surface area contributed by atoms with Crippen molar-refractivity contribution in [1.82, 2.24) is 5.32 Å². The van der Waals surface area contributed by atoms with E-state index in [1.165, 1.54) is 38.5 Å². The molecule has 0 spiro atoms. The first kappa shape index (κ1) is 12.4. The summed E-state index contributed by atoms with van der Waals surface area (Å²) in [5.74, 6) is 1.09. The zero-order chi connectivity index (χ0) is 11.4. The van der Waals surface area contributed by atoms with Gasteiger partial charge in [-0.2, -0.15) is 0 Å². The number of carbonyl (C=O) groups excluding carboxylic acids is 1. The van der Waals surface area contributed by atoms with Gasteiger partial charge in [-0.1, -0.05) is 41.6 Å². The Labute approximate surface area is 107 Å². The Morgan fingerprint density at radius 3 is 2.56 bits per heavy atom. The molecule has 3 heteroatoms. The topological polar surface area (TPSA) is 29.1 Å². The van der Waals surface area contributed by atoms with Crippen molar-refractivity contribution >= 4 is 21.8 Å². The Kier molecular flexibility index (Phi) is 4.28. The second-order valence-corrected chi connectivity index (χ2v) is 6.16. The minimum absolute atomic E-state index is 0.263. The summed E-state index contributed by atoms with van der Waals surface area (Å²) < 4.78 is 0. The number of nitrogens with one attached hydrogen (secondary N) is 1. The summed E-state index contributed by atoms with van der Waals surface area (Å²) in [5, 5.41) is 4.12. The van der Waals surface area contributed by atoms with Crippen LogP contribution in [0.4, 0.5) is 0 Å². The third kappa shape index (κ3) is 3.47. The summed E-state index contributed by atoms with van der Waals surface area (Å²) in [6.07, 6.45) is 9.81. The van der Waals surface area contributed by atoms with E-state index in [1.54, 1.807) is 0 Å². The summed E-state index contributed by atoms with van der Waals surface area (Å²) in [7, 11) is 0. The second kappa shape index (κ2) is 5.52. The molecular weight excluding hydrogens is 266 g/mol. The molecule has 0 atom stereocenters. The van der Waals surface area contributed by atoms with E-state index in [1.807, 2.05) is 0 Å². The van der Waals surface area contributed by atoms with E-state index in [-0.39, 0.29) is 5.91 Å². The molecule has 0 radical (unpaired) electrons. The van der Waals surface area contributed by atoms with E-state index >= 15 is 0 Å². The molecule has 2 rings (SSSR count). The van der Waals surface area contributed by atoms with E-state index in [0.717, 1.165) is 30.6 Å². The molecule has 1 N–H and O–H groups in total. The molecule has 0 aromatic rings. The number of hydrogen-bond acceptors (Lipinski definition) is 1. The highest BCUT2D eigenvalue weighted by Gasteiger charge is 2.41. The predicted molar refractivity (Wildman–Crippen MR) is 69.7 cm³/mol. The standard InChI is InChI=1S/C13H22BrNO/c14-9-13(7-8-13)10-15-12(16)6-5-11-3-1-2-4-11/h11H,1-10H2,(H,15,16). The van der Waals surface area contributed by atoms with Gasteiger partial charge in [-0.05, 0) is 30.6 Å². The van der Waals surface area contributed by atoms with Crippen LogP contribution in [-0.4, -0.2) is 17.8 Å². The second-order valence-electron chi connectivity index (χ2n) is 5.60.